The highest BCUT2D eigenvalue weighted by molar-refractivity contribution is 6.42. The molecule has 0 aliphatic rings. The number of halogens is 2. The zero-order valence-corrected chi connectivity index (χ0v) is 11.7. The number of aliphatic carboxylic acids is 1. The first-order valence-electron chi connectivity index (χ1n) is 5.67. The van der Waals surface area contributed by atoms with Crippen molar-refractivity contribution in [1.29, 1.82) is 0 Å². The molecule has 2 N–H and O–H groups in total. The van der Waals surface area contributed by atoms with Crippen LogP contribution in [0, 0.1) is 0 Å². The van der Waals surface area contributed by atoms with E-state index in [9.17, 15) is 15.0 Å². The molecule has 0 spiro atoms. The molecule has 0 saturated carbocycles. The fourth-order valence-corrected chi connectivity index (χ4v) is 2.02. The van der Waals surface area contributed by atoms with E-state index >= 15 is 0 Å². The maximum Gasteiger partial charge on any atom is 0.336 e. The fraction of sp³-hybridized carbons (Fsp3) is 0. The Morgan fingerprint density at radius 3 is 2.40 bits per heavy atom. The Balaban J connectivity index is 2.50. The summed E-state index contributed by atoms with van der Waals surface area (Å²) in [4.78, 5) is 11.4. The topological polar surface area (TPSA) is 57.5 Å². The molecule has 0 atom stereocenters. The molecule has 3 nitrogen and oxygen atoms in total. The van der Waals surface area contributed by atoms with Gasteiger partial charge in [-0.1, -0.05) is 41.4 Å². The van der Waals surface area contributed by atoms with Gasteiger partial charge in [0, 0.05) is 0 Å². The minimum Gasteiger partial charge on any atom is -0.508 e. The van der Waals surface area contributed by atoms with Crippen molar-refractivity contribution in [3.63, 3.8) is 0 Å². The SMILES string of the molecule is O=C(O)/C(=C\c1ccc(Cl)c(Cl)c1)c1cccc(O)c1. The molecule has 102 valence electrons. The third kappa shape index (κ3) is 3.32. The Kier molecular flexibility index (Phi) is 4.32. The molecule has 0 saturated heterocycles. The molecule has 0 amide bonds. The first kappa shape index (κ1) is 14.4. The fourth-order valence-electron chi connectivity index (χ4n) is 1.71. The minimum absolute atomic E-state index is 0.00351. The van der Waals surface area contributed by atoms with Crippen molar-refractivity contribution in [3.05, 3.63) is 63.6 Å². The van der Waals surface area contributed by atoms with E-state index in [1.807, 2.05) is 0 Å². The highest BCUT2D eigenvalue weighted by Crippen LogP contribution is 2.26. The third-order valence-corrected chi connectivity index (χ3v) is 3.38. The van der Waals surface area contributed by atoms with Crippen LogP contribution in [0.2, 0.25) is 10.0 Å². The van der Waals surface area contributed by atoms with Crippen LogP contribution in [0.4, 0.5) is 0 Å². The Morgan fingerprint density at radius 2 is 1.80 bits per heavy atom. The first-order valence-corrected chi connectivity index (χ1v) is 6.42. The summed E-state index contributed by atoms with van der Waals surface area (Å²) < 4.78 is 0. The Labute approximate surface area is 125 Å². The van der Waals surface area contributed by atoms with Crippen LogP contribution in [-0.4, -0.2) is 16.2 Å². The van der Waals surface area contributed by atoms with Gasteiger partial charge in [-0.2, -0.15) is 0 Å². The van der Waals surface area contributed by atoms with Crippen molar-refractivity contribution < 1.29 is 15.0 Å². The van der Waals surface area contributed by atoms with E-state index in [0.717, 1.165) is 0 Å². The first-order chi connectivity index (χ1) is 9.47. The summed E-state index contributed by atoms with van der Waals surface area (Å²) in [5.41, 5.74) is 1.07. The van der Waals surface area contributed by atoms with Crippen LogP contribution in [0.15, 0.2) is 42.5 Å². The van der Waals surface area contributed by atoms with Gasteiger partial charge in [0.05, 0.1) is 15.6 Å². The number of hydrogen-bond acceptors (Lipinski definition) is 2. The van der Waals surface area contributed by atoms with Crippen LogP contribution in [0.1, 0.15) is 11.1 Å². The highest BCUT2D eigenvalue weighted by Gasteiger charge is 2.11. The van der Waals surface area contributed by atoms with E-state index < -0.39 is 5.97 Å². The van der Waals surface area contributed by atoms with Crippen molar-refractivity contribution in [2.75, 3.05) is 0 Å². The van der Waals surface area contributed by atoms with Gasteiger partial charge in [-0.25, -0.2) is 4.79 Å². The molecular weight excluding hydrogens is 299 g/mol. The zero-order valence-electron chi connectivity index (χ0n) is 10.2. The van der Waals surface area contributed by atoms with Gasteiger partial charge in [-0.05, 0) is 41.5 Å². The molecule has 2 aromatic rings. The van der Waals surface area contributed by atoms with E-state index in [1.165, 1.54) is 18.2 Å². The number of rotatable bonds is 3. The van der Waals surface area contributed by atoms with E-state index in [0.29, 0.717) is 21.2 Å². The average molecular weight is 309 g/mol. The van der Waals surface area contributed by atoms with E-state index in [2.05, 4.69) is 0 Å². The largest absolute Gasteiger partial charge is 0.508 e. The van der Waals surface area contributed by atoms with Crippen LogP contribution in [0.5, 0.6) is 5.75 Å². The predicted molar refractivity (Wildman–Crippen MR) is 80.1 cm³/mol. The molecule has 0 aliphatic carbocycles. The number of aromatic hydroxyl groups is 1. The molecule has 0 heterocycles. The smallest absolute Gasteiger partial charge is 0.336 e. The molecule has 0 aliphatic heterocycles. The predicted octanol–water partition coefficient (Wildman–Crippen LogP) is 4.32. The number of phenols is 1. The van der Waals surface area contributed by atoms with Gasteiger partial charge >= 0.3 is 5.97 Å². The molecule has 0 fully saturated rings. The third-order valence-electron chi connectivity index (χ3n) is 2.64. The van der Waals surface area contributed by atoms with Gasteiger partial charge in [-0.15, -0.1) is 0 Å². The van der Waals surface area contributed by atoms with E-state index in [1.54, 1.807) is 30.3 Å². The Bertz CT molecular complexity index is 693. The summed E-state index contributed by atoms with van der Waals surface area (Å²) in [5.74, 6) is -1.09. The lowest BCUT2D eigenvalue weighted by Crippen LogP contribution is -1.99. The second-order valence-electron chi connectivity index (χ2n) is 4.09. The van der Waals surface area contributed by atoms with Crippen molar-refractivity contribution in [1.82, 2.24) is 0 Å². The minimum atomic E-state index is -1.10. The van der Waals surface area contributed by atoms with Crippen molar-refractivity contribution in [2.45, 2.75) is 0 Å². The Morgan fingerprint density at radius 1 is 1.05 bits per heavy atom. The second kappa shape index (κ2) is 5.99. The van der Waals surface area contributed by atoms with Crippen LogP contribution in [0.3, 0.4) is 0 Å². The number of benzene rings is 2. The molecule has 20 heavy (non-hydrogen) atoms. The molecule has 0 unspecified atom stereocenters. The highest BCUT2D eigenvalue weighted by atomic mass is 35.5. The van der Waals surface area contributed by atoms with Gasteiger partial charge in [0.25, 0.3) is 0 Å². The molecule has 5 heteroatoms. The summed E-state index contributed by atoms with van der Waals surface area (Å²) in [5, 5.41) is 19.5. The normalized spacial score (nSPS) is 11.4. The van der Waals surface area contributed by atoms with Gasteiger partial charge in [0.15, 0.2) is 0 Å². The monoisotopic (exact) mass is 308 g/mol. The number of carboxylic acids is 1. The lowest BCUT2D eigenvalue weighted by Gasteiger charge is -2.05. The average Bonchev–Trinajstić information content (AvgIpc) is 2.39. The van der Waals surface area contributed by atoms with Gasteiger partial charge < -0.3 is 10.2 Å². The maximum atomic E-state index is 11.4. The zero-order chi connectivity index (χ0) is 14.7. The second-order valence-corrected chi connectivity index (χ2v) is 4.90. The molecule has 0 aromatic heterocycles. The van der Waals surface area contributed by atoms with Crippen LogP contribution in [-0.2, 0) is 4.79 Å². The van der Waals surface area contributed by atoms with Crippen LogP contribution >= 0.6 is 23.2 Å². The summed E-state index contributed by atoms with van der Waals surface area (Å²) in [7, 11) is 0. The molecule has 0 bridgehead atoms. The van der Waals surface area contributed by atoms with Crippen molar-refractivity contribution in [3.8, 4) is 5.75 Å². The number of phenolic OH excluding ortho intramolecular Hbond substituents is 1. The number of hydrogen-bond donors (Lipinski definition) is 2. The van der Waals surface area contributed by atoms with Gasteiger partial charge in [0.2, 0.25) is 0 Å². The standard InChI is InChI=1S/C15H10Cl2O3/c16-13-5-4-9(7-14(13)17)6-12(15(19)20)10-2-1-3-11(18)8-10/h1-8,18H,(H,19,20)/b12-6-. The molecular formula is C15H10Cl2O3. The van der Waals surface area contributed by atoms with E-state index in [-0.39, 0.29) is 11.3 Å². The van der Waals surface area contributed by atoms with Gasteiger partial charge in [-0.3, -0.25) is 0 Å². The maximum absolute atomic E-state index is 11.4. The Hall–Kier alpha value is -1.97. The summed E-state index contributed by atoms with van der Waals surface area (Å²) >= 11 is 11.7. The van der Waals surface area contributed by atoms with Crippen molar-refractivity contribution in [2.24, 2.45) is 0 Å². The summed E-state index contributed by atoms with van der Waals surface area (Å²) in [6.45, 7) is 0. The van der Waals surface area contributed by atoms with Crippen molar-refractivity contribution >= 4 is 40.8 Å². The summed E-state index contributed by atoms with van der Waals surface area (Å²) in [6.07, 6.45) is 1.47. The molecule has 2 aromatic carbocycles. The number of carboxylic acid groups (broad SMARTS) is 1. The van der Waals surface area contributed by atoms with E-state index in [4.69, 9.17) is 23.2 Å². The summed E-state index contributed by atoms with van der Waals surface area (Å²) in [6, 6.07) is 10.9. The van der Waals surface area contributed by atoms with Gasteiger partial charge in [0.1, 0.15) is 5.75 Å². The van der Waals surface area contributed by atoms with Crippen LogP contribution < -0.4 is 0 Å². The van der Waals surface area contributed by atoms with Crippen LogP contribution in [0.25, 0.3) is 11.6 Å². The lowest BCUT2D eigenvalue weighted by molar-refractivity contribution is -0.130. The molecule has 0 radical (unpaired) electrons. The quantitative estimate of drug-likeness (QED) is 0.655. The number of carbonyl (C=O) groups is 1. The molecule has 2 rings (SSSR count). The lowest BCUT2D eigenvalue weighted by atomic mass is 10.0.